The Balaban J connectivity index is 1.55. The summed E-state index contributed by atoms with van der Waals surface area (Å²) in [6.07, 6.45) is 3.58. The van der Waals surface area contributed by atoms with Crippen molar-refractivity contribution in [3.8, 4) is 20.9 Å². The Kier molecular flexibility index (Phi) is 4.10. The minimum absolute atomic E-state index is 0.249. The maximum absolute atomic E-state index is 5.70. The van der Waals surface area contributed by atoms with E-state index < -0.39 is 0 Å². The molecule has 0 amide bonds. The van der Waals surface area contributed by atoms with Gasteiger partial charge < -0.3 is 11.1 Å². The molecule has 2 aromatic carbocycles. The fourth-order valence-electron chi connectivity index (χ4n) is 3.34. The number of anilines is 3. The standard InChI is InChI=1S/C22H17N5S/c23-22-25-9-8-21(27-22)26-16-10-15-12-24-13-18(15)17(11-16)20-7-6-19(28-20)14-4-2-1-3-5-14/h1-12H,13H2,(H3,23,25,26,27). The van der Waals surface area contributed by atoms with Crippen LogP contribution in [0.4, 0.5) is 17.5 Å². The highest BCUT2D eigenvalue weighted by Crippen LogP contribution is 2.39. The van der Waals surface area contributed by atoms with E-state index in [9.17, 15) is 0 Å². The summed E-state index contributed by atoms with van der Waals surface area (Å²) in [6, 6.07) is 20.9. The van der Waals surface area contributed by atoms with Crippen molar-refractivity contribution in [2.45, 2.75) is 6.54 Å². The molecule has 0 saturated heterocycles. The van der Waals surface area contributed by atoms with Gasteiger partial charge in [-0.1, -0.05) is 30.3 Å². The molecular formula is C22H17N5S. The molecule has 4 aromatic rings. The minimum atomic E-state index is 0.249. The number of nitrogens with zero attached hydrogens (tertiary/aromatic N) is 3. The lowest BCUT2D eigenvalue weighted by atomic mass is 10.0. The van der Waals surface area contributed by atoms with Crippen molar-refractivity contribution in [3.05, 3.63) is 78.0 Å². The van der Waals surface area contributed by atoms with Crippen molar-refractivity contribution in [2.75, 3.05) is 11.1 Å². The van der Waals surface area contributed by atoms with Crippen molar-refractivity contribution in [1.29, 1.82) is 0 Å². The van der Waals surface area contributed by atoms with E-state index in [1.54, 1.807) is 23.6 Å². The van der Waals surface area contributed by atoms with Gasteiger partial charge in [0.25, 0.3) is 0 Å². The summed E-state index contributed by atoms with van der Waals surface area (Å²) in [5.74, 6) is 0.920. The maximum atomic E-state index is 5.70. The highest BCUT2D eigenvalue weighted by molar-refractivity contribution is 7.18. The lowest BCUT2D eigenvalue weighted by Gasteiger charge is -2.12. The first-order valence-electron chi connectivity index (χ1n) is 8.94. The third-order valence-electron chi connectivity index (χ3n) is 4.64. The first-order chi connectivity index (χ1) is 13.8. The fraction of sp³-hybridized carbons (Fsp3) is 0.0455. The molecule has 0 spiro atoms. The lowest BCUT2D eigenvalue weighted by Crippen LogP contribution is -2.00. The van der Waals surface area contributed by atoms with E-state index in [0.29, 0.717) is 12.4 Å². The smallest absolute Gasteiger partial charge is 0.221 e. The zero-order chi connectivity index (χ0) is 18.9. The Labute approximate surface area is 166 Å². The lowest BCUT2D eigenvalue weighted by molar-refractivity contribution is 1.11. The molecule has 3 N–H and O–H groups in total. The highest BCUT2D eigenvalue weighted by Gasteiger charge is 2.17. The Morgan fingerprint density at radius 1 is 0.964 bits per heavy atom. The number of nitrogens with one attached hydrogen (secondary N) is 1. The number of rotatable bonds is 4. The van der Waals surface area contributed by atoms with Crippen LogP contribution in [0.3, 0.4) is 0 Å². The molecule has 0 aliphatic carbocycles. The van der Waals surface area contributed by atoms with E-state index in [0.717, 1.165) is 11.3 Å². The molecule has 5 rings (SSSR count). The maximum Gasteiger partial charge on any atom is 0.221 e. The molecular weight excluding hydrogens is 366 g/mol. The SMILES string of the molecule is Nc1nccc(Nc2cc3c(c(-c4ccc(-c5ccccc5)s4)c2)CN=C3)n1. The quantitative estimate of drug-likeness (QED) is 0.512. The third kappa shape index (κ3) is 3.14. The van der Waals surface area contributed by atoms with E-state index >= 15 is 0 Å². The van der Waals surface area contributed by atoms with Crippen molar-refractivity contribution in [3.63, 3.8) is 0 Å². The molecule has 3 heterocycles. The minimum Gasteiger partial charge on any atom is -0.368 e. The molecule has 5 nitrogen and oxygen atoms in total. The number of thiophene rings is 1. The van der Waals surface area contributed by atoms with Gasteiger partial charge in [-0.05, 0) is 47.0 Å². The molecule has 1 aliphatic rings. The van der Waals surface area contributed by atoms with Crippen LogP contribution in [0.25, 0.3) is 20.9 Å². The number of hydrogen-bond acceptors (Lipinski definition) is 6. The second kappa shape index (κ2) is 6.90. The summed E-state index contributed by atoms with van der Waals surface area (Å²) in [5.41, 5.74) is 11.5. The van der Waals surface area contributed by atoms with Crippen LogP contribution in [0.2, 0.25) is 0 Å². The summed E-state index contributed by atoms with van der Waals surface area (Å²) in [6.45, 7) is 0.712. The summed E-state index contributed by atoms with van der Waals surface area (Å²) in [7, 11) is 0. The van der Waals surface area contributed by atoms with Crippen LogP contribution in [0.1, 0.15) is 11.1 Å². The topological polar surface area (TPSA) is 76.2 Å². The molecule has 0 fully saturated rings. The monoisotopic (exact) mass is 383 g/mol. The van der Waals surface area contributed by atoms with Crippen molar-refractivity contribution < 1.29 is 0 Å². The number of aromatic nitrogens is 2. The zero-order valence-corrected chi connectivity index (χ0v) is 15.8. The summed E-state index contributed by atoms with van der Waals surface area (Å²) in [5, 5.41) is 3.33. The van der Waals surface area contributed by atoms with Crippen molar-refractivity contribution >= 4 is 35.0 Å². The van der Waals surface area contributed by atoms with Gasteiger partial charge >= 0.3 is 0 Å². The molecule has 1 aliphatic heterocycles. The molecule has 0 unspecified atom stereocenters. The zero-order valence-electron chi connectivity index (χ0n) is 15.0. The molecule has 0 atom stereocenters. The summed E-state index contributed by atoms with van der Waals surface area (Å²) >= 11 is 1.79. The first kappa shape index (κ1) is 16.6. The Bertz CT molecular complexity index is 1180. The van der Waals surface area contributed by atoms with E-state index in [-0.39, 0.29) is 5.95 Å². The van der Waals surface area contributed by atoms with Gasteiger partial charge in [-0.15, -0.1) is 11.3 Å². The van der Waals surface area contributed by atoms with Crippen LogP contribution >= 0.6 is 11.3 Å². The van der Waals surface area contributed by atoms with Crippen LogP contribution in [0, 0.1) is 0 Å². The van der Waals surface area contributed by atoms with E-state index in [2.05, 4.69) is 68.8 Å². The molecule has 0 saturated carbocycles. The van der Waals surface area contributed by atoms with Crippen LogP contribution in [0.15, 0.2) is 71.9 Å². The molecule has 6 heteroatoms. The van der Waals surface area contributed by atoms with Gasteiger partial charge in [0.15, 0.2) is 0 Å². The number of aliphatic imine (C=N–C) groups is 1. The van der Waals surface area contributed by atoms with Crippen molar-refractivity contribution in [1.82, 2.24) is 9.97 Å². The van der Waals surface area contributed by atoms with Crippen LogP contribution in [-0.4, -0.2) is 16.2 Å². The summed E-state index contributed by atoms with van der Waals surface area (Å²) in [4.78, 5) is 15.1. The van der Waals surface area contributed by atoms with Crippen LogP contribution < -0.4 is 11.1 Å². The number of nitrogens with two attached hydrogens (primary N) is 1. The average Bonchev–Trinajstić information content (AvgIpc) is 3.38. The van der Waals surface area contributed by atoms with Gasteiger partial charge in [-0.3, -0.25) is 4.99 Å². The molecule has 136 valence electrons. The first-order valence-corrected chi connectivity index (χ1v) is 9.76. The number of fused-ring (bicyclic) bond motifs is 1. The second-order valence-corrected chi connectivity index (χ2v) is 7.60. The van der Waals surface area contributed by atoms with E-state index in [1.165, 1.54) is 26.4 Å². The van der Waals surface area contributed by atoms with Gasteiger partial charge in [0.2, 0.25) is 5.95 Å². The highest BCUT2D eigenvalue weighted by atomic mass is 32.1. The normalized spacial score (nSPS) is 12.1. The number of nitrogen functional groups attached to an aromatic ring is 1. The number of hydrogen-bond donors (Lipinski definition) is 2. The largest absolute Gasteiger partial charge is 0.368 e. The Hall–Kier alpha value is -3.51. The van der Waals surface area contributed by atoms with E-state index in [4.69, 9.17) is 5.73 Å². The van der Waals surface area contributed by atoms with Gasteiger partial charge in [-0.25, -0.2) is 4.98 Å². The van der Waals surface area contributed by atoms with Gasteiger partial charge in [-0.2, -0.15) is 4.98 Å². The second-order valence-electron chi connectivity index (χ2n) is 6.52. The van der Waals surface area contributed by atoms with Gasteiger partial charge in [0.05, 0.1) is 6.54 Å². The molecule has 2 aromatic heterocycles. The third-order valence-corrected chi connectivity index (χ3v) is 5.81. The Morgan fingerprint density at radius 3 is 2.68 bits per heavy atom. The number of benzene rings is 2. The van der Waals surface area contributed by atoms with E-state index in [1.807, 2.05) is 12.3 Å². The van der Waals surface area contributed by atoms with Crippen LogP contribution in [-0.2, 0) is 6.54 Å². The molecule has 0 radical (unpaired) electrons. The average molecular weight is 383 g/mol. The fourth-order valence-corrected chi connectivity index (χ4v) is 4.40. The molecule has 0 bridgehead atoms. The van der Waals surface area contributed by atoms with Crippen molar-refractivity contribution in [2.24, 2.45) is 4.99 Å². The molecule has 28 heavy (non-hydrogen) atoms. The summed E-state index contributed by atoms with van der Waals surface area (Å²) < 4.78 is 0. The van der Waals surface area contributed by atoms with Gasteiger partial charge in [0, 0.05) is 33.4 Å². The van der Waals surface area contributed by atoms with Gasteiger partial charge in [0.1, 0.15) is 5.82 Å². The predicted molar refractivity (Wildman–Crippen MR) is 116 cm³/mol. The predicted octanol–water partition coefficient (Wildman–Crippen LogP) is 5.13. The Morgan fingerprint density at radius 2 is 1.82 bits per heavy atom. The van der Waals surface area contributed by atoms with Crippen LogP contribution in [0.5, 0.6) is 0 Å².